The van der Waals surface area contributed by atoms with Gasteiger partial charge in [0.05, 0.1) is 12.0 Å². The topological polar surface area (TPSA) is 69.4 Å². The second kappa shape index (κ2) is 4.63. The molecule has 15 heavy (non-hydrogen) atoms. The third kappa shape index (κ3) is 2.49. The molecule has 1 aromatic rings. The number of rotatable bonds is 4. The Bertz CT molecular complexity index is 411. The van der Waals surface area contributed by atoms with Gasteiger partial charge < -0.3 is 10.5 Å². The molecule has 1 aromatic carbocycles. The number of ether oxygens (including phenoxy) is 1. The van der Waals surface area contributed by atoms with Gasteiger partial charge in [-0.3, -0.25) is 0 Å². The van der Waals surface area contributed by atoms with Gasteiger partial charge in [-0.2, -0.15) is 0 Å². The van der Waals surface area contributed by atoms with Crippen molar-refractivity contribution < 1.29 is 13.2 Å². The van der Waals surface area contributed by atoms with E-state index in [1.807, 2.05) is 0 Å². The average Bonchev–Trinajstić information content (AvgIpc) is 2.28. The van der Waals surface area contributed by atoms with Crippen LogP contribution in [0.1, 0.15) is 13.3 Å². The molecule has 0 bridgehead atoms. The Morgan fingerprint density at radius 2 is 1.87 bits per heavy atom. The molecule has 1 atom stereocenters. The Balaban J connectivity index is 3.06. The van der Waals surface area contributed by atoms with Crippen molar-refractivity contribution in [2.75, 3.05) is 7.11 Å². The third-order valence-electron chi connectivity index (χ3n) is 2.19. The van der Waals surface area contributed by atoms with Crippen molar-refractivity contribution in [3.63, 3.8) is 0 Å². The van der Waals surface area contributed by atoms with Gasteiger partial charge in [0.1, 0.15) is 11.1 Å². The summed E-state index contributed by atoms with van der Waals surface area (Å²) in [6, 6.07) is 6.22. The summed E-state index contributed by atoms with van der Waals surface area (Å²) >= 11 is 0. The molecule has 0 radical (unpaired) electrons. The van der Waals surface area contributed by atoms with Gasteiger partial charge in [0.25, 0.3) is 0 Å². The van der Waals surface area contributed by atoms with E-state index in [1.54, 1.807) is 19.1 Å². The Morgan fingerprint density at radius 1 is 1.33 bits per heavy atom. The zero-order valence-electron chi connectivity index (χ0n) is 8.80. The molecule has 0 fully saturated rings. The molecule has 4 nitrogen and oxygen atoms in total. The van der Waals surface area contributed by atoms with Crippen LogP contribution in [0.3, 0.4) is 0 Å². The van der Waals surface area contributed by atoms with Crippen LogP contribution in [-0.4, -0.2) is 20.9 Å². The molecular formula is C10H15NO3S. The molecule has 5 heteroatoms. The molecule has 0 aromatic heterocycles. The minimum atomic E-state index is -3.39. The highest BCUT2D eigenvalue weighted by atomic mass is 32.2. The summed E-state index contributed by atoms with van der Waals surface area (Å²) in [5.41, 5.74) is 5.53. The van der Waals surface area contributed by atoms with E-state index in [0.717, 1.165) is 0 Å². The highest BCUT2D eigenvalue weighted by molar-refractivity contribution is 7.92. The Morgan fingerprint density at radius 3 is 2.27 bits per heavy atom. The monoisotopic (exact) mass is 229 g/mol. The molecular weight excluding hydrogens is 214 g/mol. The van der Waals surface area contributed by atoms with Crippen LogP contribution in [0.2, 0.25) is 0 Å². The van der Waals surface area contributed by atoms with Gasteiger partial charge in [-0.1, -0.05) is 6.92 Å². The van der Waals surface area contributed by atoms with Gasteiger partial charge in [-0.25, -0.2) is 8.42 Å². The molecule has 0 spiro atoms. The van der Waals surface area contributed by atoms with E-state index in [-0.39, 0.29) is 4.90 Å². The first-order valence-electron chi connectivity index (χ1n) is 4.66. The fourth-order valence-electron chi connectivity index (χ4n) is 1.16. The van der Waals surface area contributed by atoms with Gasteiger partial charge in [0, 0.05) is 0 Å². The highest BCUT2D eigenvalue weighted by Crippen LogP contribution is 2.18. The van der Waals surface area contributed by atoms with E-state index in [2.05, 4.69) is 0 Å². The number of nitrogens with two attached hydrogens (primary N) is 1. The lowest BCUT2D eigenvalue weighted by Gasteiger charge is -2.10. The zero-order chi connectivity index (χ0) is 11.5. The number of methoxy groups -OCH3 is 1. The fourth-order valence-corrected chi connectivity index (χ4v) is 2.46. The molecule has 0 saturated carbocycles. The normalized spacial score (nSPS) is 13.5. The Hall–Kier alpha value is -1.07. The summed E-state index contributed by atoms with van der Waals surface area (Å²) in [4.78, 5) is 0.234. The van der Waals surface area contributed by atoms with Crippen LogP contribution in [0.5, 0.6) is 5.75 Å². The van der Waals surface area contributed by atoms with Crippen LogP contribution in [-0.2, 0) is 9.84 Å². The second-order valence-corrected chi connectivity index (χ2v) is 5.33. The number of benzene rings is 1. The van der Waals surface area contributed by atoms with E-state index in [9.17, 15) is 8.42 Å². The minimum absolute atomic E-state index is 0.234. The van der Waals surface area contributed by atoms with Gasteiger partial charge in [0.15, 0.2) is 9.84 Å². The average molecular weight is 229 g/mol. The number of hydrogen-bond acceptors (Lipinski definition) is 4. The van der Waals surface area contributed by atoms with Crippen molar-refractivity contribution >= 4 is 9.84 Å². The molecule has 0 aliphatic heterocycles. The molecule has 0 heterocycles. The molecule has 0 saturated heterocycles. The van der Waals surface area contributed by atoms with Gasteiger partial charge in [-0.15, -0.1) is 0 Å². The zero-order valence-corrected chi connectivity index (χ0v) is 9.62. The maximum Gasteiger partial charge on any atom is 0.193 e. The van der Waals surface area contributed by atoms with Crippen molar-refractivity contribution in [1.29, 1.82) is 0 Å². The quantitative estimate of drug-likeness (QED) is 0.841. The standard InChI is InChI=1S/C10H15NO3S/c1-3-10(11)15(12,13)9-6-4-8(14-2)5-7-9/h4-7,10H,3,11H2,1-2H3. The molecule has 2 N–H and O–H groups in total. The van der Waals surface area contributed by atoms with Gasteiger partial charge in [0.2, 0.25) is 0 Å². The van der Waals surface area contributed by atoms with Crippen LogP contribution in [0.25, 0.3) is 0 Å². The highest BCUT2D eigenvalue weighted by Gasteiger charge is 2.21. The minimum Gasteiger partial charge on any atom is -0.497 e. The number of sulfone groups is 1. The summed E-state index contributed by atoms with van der Waals surface area (Å²) in [7, 11) is -1.86. The lowest BCUT2D eigenvalue weighted by Crippen LogP contribution is -2.29. The maximum absolute atomic E-state index is 11.8. The van der Waals surface area contributed by atoms with Crippen molar-refractivity contribution in [3.05, 3.63) is 24.3 Å². The van der Waals surface area contributed by atoms with E-state index in [0.29, 0.717) is 12.2 Å². The van der Waals surface area contributed by atoms with Gasteiger partial charge in [-0.05, 0) is 30.7 Å². The van der Waals surface area contributed by atoms with E-state index in [1.165, 1.54) is 19.2 Å². The van der Waals surface area contributed by atoms with E-state index in [4.69, 9.17) is 10.5 Å². The van der Waals surface area contributed by atoms with Crippen LogP contribution in [0, 0.1) is 0 Å². The lowest BCUT2D eigenvalue weighted by molar-refractivity contribution is 0.414. The van der Waals surface area contributed by atoms with E-state index >= 15 is 0 Å². The summed E-state index contributed by atoms with van der Waals surface area (Å²) in [5, 5.41) is -0.842. The number of hydrogen-bond donors (Lipinski definition) is 1. The summed E-state index contributed by atoms with van der Waals surface area (Å²) in [6.07, 6.45) is 0.397. The first kappa shape index (κ1) is 12.0. The molecule has 1 unspecified atom stereocenters. The molecule has 0 aliphatic rings. The Labute approximate surface area is 90.0 Å². The summed E-state index contributed by atoms with van der Waals surface area (Å²) in [5.74, 6) is 0.624. The predicted molar refractivity (Wildman–Crippen MR) is 58.4 cm³/mol. The van der Waals surface area contributed by atoms with Crippen LogP contribution in [0.4, 0.5) is 0 Å². The predicted octanol–water partition coefficient (Wildman–Crippen LogP) is 1.16. The van der Waals surface area contributed by atoms with Gasteiger partial charge >= 0.3 is 0 Å². The van der Waals surface area contributed by atoms with Crippen LogP contribution in [0.15, 0.2) is 29.2 Å². The molecule has 0 aliphatic carbocycles. The van der Waals surface area contributed by atoms with Crippen LogP contribution < -0.4 is 10.5 Å². The fraction of sp³-hybridized carbons (Fsp3) is 0.400. The first-order valence-corrected chi connectivity index (χ1v) is 6.20. The summed E-state index contributed by atoms with van der Waals surface area (Å²) < 4.78 is 28.5. The lowest BCUT2D eigenvalue weighted by atomic mass is 10.3. The maximum atomic E-state index is 11.8. The molecule has 84 valence electrons. The third-order valence-corrected chi connectivity index (χ3v) is 4.25. The summed E-state index contributed by atoms with van der Waals surface area (Å²) in [6.45, 7) is 1.74. The smallest absolute Gasteiger partial charge is 0.193 e. The second-order valence-electron chi connectivity index (χ2n) is 3.17. The van der Waals surface area contributed by atoms with Crippen LogP contribution >= 0.6 is 0 Å². The van der Waals surface area contributed by atoms with Crippen molar-refractivity contribution in [2.45, 2.75) is 23.6 Å². The van der Waals surface area contributed by atoms with Crippen molar-refractivity contribution in [2.24, 2.45) is 5.73 Å². The molecule has 1 rings (SSSR count). The van der Waals surface area contributed by atoms with E-state index < -0.39 is 15.2 Å². The molecule has 0 amide bonds. The SMILES string of the molecule is CCC(N)S(=O)(=O)c1ccc(OC)cc1. The Kier molecular flexibility index (Phi) is 3.71. The van der Waals surface area contributed by atoms with Crippen molar-refractivity contribution in [3.8, 4) is 5.75 Å². The largest absolute Gasteiger partial charge is 0.497 e. The first-order chi connectivity index (χ1) is 7.02. The van der Waals surface area contributed by atoms with Crippen molar-refractivity contribution in [1.82, 2.24) is 0 Å².